The molecule has 0 aromatic carbocycles. The van der Waals surface area contributed by atoms with Gasteiger partial charge in [-0.15, -0.1) is 11.3 Å². The van der Waals surface area contributed by atoms with Gasteiger partial charge in [-0.3, -0.25) is 4.79 Å². The molecule has 126 valence electrons. The molecule has 3 rings (SSSR count). The van der Waals surface area contributed by atoms with Gasteiger partial charge in [0.2, 0.25) is 11.8 Å². The summed E-state index contributed by atoms with van der Waals surface area (Å²) in [6.07, 6.45) is 1.64. The number of alkyl halides is 2. The Morgan fingerprint density at radius 2 is 2.22 bits per heavy atom. The van der Waals surface area contributed by atoms with E-state index in [0.717, 1.165) is 23.9 Å². The summed E-state index contributed by atoms with van der Waals surface area (Å²) in [5.74, 6) is -2.98. The van der Waals surface area contributed by atoms with Crippen LogP contribution in [0.15, 0.2) is 22.7 Å². The molecular weight excluding hydrogens is 322 g/mol. The van der Waals surface area contributed by atoms with Gasteiger partial charge in [0.25, 0.3) is 0 Å². The van der Waals surface area contributed by atoms with Gasteiger partial charge in [-0.2, -0.15) is 0 Å². The predicted octanol–water partition coefficient (Wildman–Crippen LogP) is 3.67. The SMILES string of the molecule is CC(F)(F)CCC(=O)N1CCC2(CC1)CC(c1cccs1)=NO2. The van der Waals surface area contributed by atoms with Gasteiger partial charge in [0.05, 0.1) is 4.88 Å². The van der Waals surface area contributed by atoms with E-state index in [1.165, 1.54) is 0 Å². The van der Waals surface area contributed by atoms with Crippen LogP contribution in [0.2, 0.25) is 0 Å². The second-order valence-electron chi connectivity index (χ2n) is 6.42. The molecule has 1 spiro atoms. The molecule has 1 fully saturated rings. The van der Waals surface area contributed by atoms with Crippen molar-refractivity contribution in [3.63, 3.8) is 0 Å². The number of thiophene rings is 1. The molecule has 0 saturated carbocycles. The van der Waals surface area contributed by atoms with Crippen molar-refractivity contribution in [2.24, 2.45) is 5.16 Å². The maximum absolute atomic E-state index is 12.9. The fourth-order valence-corrected chi connectivity index (χ4v) is 3.72. The van der Waals surface area contributed by atoms with E-state index in [1.54, 1.807) is 16.2 Å². The maximum Gasteiger partial charge on any atom is 0.245 e. The molecule has 2 aliphatic rings. The number of hydrogen-bond acceptors (Lipinski definition) is 4. The minimum Gasteiger partial charge on any atom is -0.388 e. The molecule has 0 bridgehead atoms. The Bertz CT molecular complexity index is 588. The Hall–Kier alpha value is -1.50. The molecule has 1 aromatic rings. The minimum absolute atomic E-state index is 0.103. The molecule has 0 aliphatic carbocycles. The molecule has 1 saturated heterocycles. The summed E-state index contributed by atoms with van der Waals surface area (Å²) in [5.41, 5.74) is 0.635. The zero-order valence-electron chi connectivity index (χ0n) is 13.1. The van der Waals surface area contributed by atoms with E-state index in [0.29, 0.717) is 25.9 Å². The number of piperidine rings is 1. The number of carbonyl (C=O) groups is 1. The van der Waals surface area contributed by atoms with Gasteiger partial charge in [-0.05, 0) is 18.4 Å². The first-order chi connectivity index (χ1) is 10.9. The number of carbonyl (C=O) groups excluding carboxylic acids is 1. The molecule has 1 aromatic heterocycles. The first-order valence-corrected chi connectivity index (χ1v) is 8.69. The number of rotatable bonds is 4. The van der Waals surface area contributed by atoms with Crippen LogP contribution < -0.4 is 0 Å². The third kappa shape index (κ3) is 3.88. The fourth-order valence-electron chi connectivity index (χ4n) is 3.01. The molecule has 2 aliphatic heterocycles. The lowest BCUT2D eigenvalue weighted by atomic mass is 9.86. The normalized spacial score (nSPS) is 20.5. The molecular formula is C16H20F2N2O2S. The van der Waals surface area contributed by atoms with Crippen LogP contribution in [0.3, 0.4) is 0 Å². The van der Waals surface area contributed by atoms with E-state index in [4.69, 9.17) is 4.84 Å². The molecule has 0 unspecified atom stereocenters. The molecule has 4 nitrogen and oxygen atoms in total. The second kappa shape index (κ2) is 6.19. The number of halogens is 2. The highest BCUT2D eigenvalue weighted by Crippen LogP contribution is 2.37. The summed E-state index contributed by atoms with van der Waals surface area (Å²) in [6.45, 7) is 1.93. The Kier molecular flexibility index (Phi) is 4.40. The van der Waals surface area contributed by atoms with E-state index in [1.807, 2.05) is 17.5 Å². The van der Waals surface area contributed by atoms with E-state index < -0.39 is 12.3 Å². The predicted molar refractivity (Wildman–Crippen MR) is 85.0 cm³/mol. The van der Waals surface area contributed by atoms with Crippen LogP contribution in [0.5, 0.6) is 0 Å². The maximum atomic E-state index is 12.9. The summed E-state index contributed by atoms with van der Waals surface area (Å²) in [5, 5.41) is 6.23. The summed E-state index contributed by atoms with van der Waals surface area (Å²) < 4.78 is 25.7. The standard InChI is InChI=1S/C16H20F2N2O2S/c1-15(17,18)5-4-14(21)20-8-6-16(7-9-20)11-12(19-22-16)13-3-2-10-23-13/h2-3,10H,4-9,11H2,1H3. The van der Waals surface area contributed by atoms with E-state index in [-0.39, 0.29) is 17.9 Å². The number of amides is 1. The first kappa shape index (κ1) is 16.4. The lowest BCUT2D eigenvalue weighted by Gasteiger charge is -2.37. The second-order valence-corrected chi connectivity index (χ2v) is 7.37. The highest BCUT2D eigenvalue weighted by atomic mass is 32.1. The highest BCUT2D eigenvalue weighted by molar-refractivity contribution is 7.12. The van der Waals surface area contributed by atoms with Crippen LogP contribution >= 0.6 is 11.3 Å². The van der Waals surface area contributed by atoms with E-state index in [9.17, 15) is 13.6 Å². The molecule has 3 heterocycles. The molecule has 7 heteroatoms. The molecule has 0 N–H and O–H groups in total. The van der Waals surface area contributed by atoms with Crippen molar-refractivity contribution in [2.45, 2.75) is 50.6 Å². The van der Waals surface area contributed by atoms with E-state index in [2.05, 4.69) is 5.16 Å². The Labute approximate surface area is 138 Å². The largest absolute Gasteiger partial charge is 0.388 e. The van der Waals surface area contributed by atoms with Gasteiger partial charge >= 0.3 is 0 Å². The Morgan fingerprint density at radius 3 is 2.83 bits per heavy atom. The van der Waals surface area contributed by atoms with Crippen LogP contribution in [-0.4, -0.2) is 41.1 Å². The van der Waals surface area contributed by atoms with Crippen LogP contribution in [-0.2, 0) is 9.63 Å². The number of nitrogens with zero attached hydrogens (tertiary/aromatic N) is 2. The first-order valence-electron chi connectivity index (χ1n) is 7.81. The van der Waals surface area contributed by atoms with Crippen LogP contribution in [0.1, 0.15) is 43.9 Å². The van der Waals surface area contributed by atoms with Crippen molar-refractivity contribution in [1.82, 2.24) is 4.90 Å². The monoisotopic (exact) mass is 342 g/mol. The van der Waals surface area contributed by atoms with Crippen molar-refractivity contribution in [2.75, 3.05) is 13.1 Å². The van der Waals surface area contributed by atoms with Crippen molar-refractivity contribution in [3.05, 3.63) is 22.4 Å². The molecule has 23 heavy (non-hydrogen) atoms. The molecule has 1 amide bonds. The van der Waals surface area contributed by atoms with Gasteiger partial charge in [-0.1, -0.05) is 11.2 Å². The van der Waals surface area contributed by atoms with Gasteiger partial charge < -0.3 is 9.74 Å². The Morgan fingerprint density at radius 1 is 1.48 bits per heavy atom. The van der Waals surface area contributed by atoms with Gasteiger partial charge in [0.15, 0.2) is 0 Å². The van der Waals surface area contributed by atoms with Crippen molar-refractivity contribution < 1.29 is 18.4 Å². The number of hydrogen-bond donors (Lipinski definition) is 0. The lowest BCUT2D eigenvalue weighted by molar-refractivity contribution is -0.138. The zero-order valence-corrected chi connectivity index (χ0v) is 13.9. The lowest BCUT2D eigenvalue weighted by Crippen LogP contribution is -2.47. The third-order valence-electron chi connectivity index (χ3n) is 4.45. The number of likely N-dealkylation sites (tertiary alicyclic amines) is 1. The van der Waals surface area contributed by atoms with Crippen LogP contribution in [0.25, 0.3) is 0 Å². The van der Waals surface area contributed by atoms with Crippen molar-refractivity contribution in [1.29, 1.82) is 0 Å². The minimum atomic E-state index is -2.79. The topological polar surface area (TPSA) is 41.9 Å². The molecule has 0 atom stereocenters. The summed E-state index contributed by atoms with van der Waals surface area (Å²) >= 11 is 1.64. The fraction of sp³-hybridized carbons (Fsp3) is 0.625. The third-order valence-corrected chi connectivity index (χ3v) is 5.37. The smallest absolute Gasteiger partial charge is 0.245 e. The van der Waals surface area contributed by atoms with Crippen LogP contribution in [0, 0.1) is 0 Å². The van der Waals surface area contributed by atoms with Crippen molar-refractivity contribution >= 4 is 23.0 Å². The average Bonchev–Trinajstić information content (AvgIpc) is 3.15. The van der Waals surface area contributed by atoms with Gasteiger partial charge in [-0.25, -0.2) is 8.78 Å². The van der Waals surface area contributed by atoms with E-state index >= 15 is 0 Å². The van der Waals surface area contributed by atoms with Crippen LogP contribution in [0.4, 0.5) is 8.78 Å². The summed E-state index contributed by atoms with van der Waals surface area (Å²) in [4.78, 5) is 20.5. The quantitative estimate of drug-likeness (QED) is 0.838. The van der Waals surface area contributed by atoms with Crippen molar-refractivity contribution in [3.8, 4) is 0 Å². The summed E-state index contributed by atoms with van der Waals surface area (Å²) in [6, 6.07) is 4.01. The summed E-state index contributed by atoms with van der Waals surface area (Å²) in [7, 11) is 0. The highest BCUT2D eigenvalue weighted by Gasteiger charge is 2.43. The Balaban J connectivity index is 1.50. The molecule has 0 radical (unpaired) electrons. The van der Waals surface area contributed by atoms with Gasteiger partial charge in [0, 0.05) is 45.2 Å². The van der Waals surface area contributed by atoms with Gasteiger partial charge in [0.1, 0.15) is 11.3 Å². The zero-order chi connectivity index (χ0) is 16.5. The average molecular weight is 342 g/mol. The number of oxime groups is 1.